The van der Waals surface area contributed by atoms with E-state index in [2.05, 4.69) is 17.3 Å². The molecule has 1 N–H and O–H groups in total. The summed E-state index contributed by atoms with van der Waals surface area (Å²) in [6.45, 7) is 5.29. The predicted octanol–water partition coefficient (Wildman–Crippen LogP) is 4.20. The lowest BCUT2D eigenvalue weighted by Crippen LogP contribution is -2.54. The number of benzene rings is 3. The molecule has 2 amide bonds. The van der Waals surface area contributed by atoms with Crippen LogP contribution in [0.4, 0.5) is 4.79 Å². The fraction of sp³-hybridized carbons (Fsp3) is 0.375. The van der Waals surface area contributed by atoms with Gasteiger partial charge >= 0.3 is 6.09 Å². The Morgan fingerprint density at radius 2 is 1.57 bits per heavy atom. The number of likely N-dealkylation sites (N-methyl/N-ethyl adjacent to an activating group) is 1. The molecule has 0 spiro atoms. The molecular weight excluding hydrogens is 504 g/mol. The van der Waals surface area contributed by atoms with Crippen molar-refractivity contribution in [3.63, 3.8) is 0 Å². The average Bonchev–Trinajstić information content (AvgIpc) is 2.99. The summed E-state index contributed by atoms with van der Waals surface area (Å²) >= 11 is 0. The number of aryl methyl sites for hydroxylation is 1. The molecule has 0 radical (unpaired) electrons. The summed E-state index contributed by atoms with van der Waals surface area (Å²) in [5.41, 5.74) is 2.13. The standard InChI is InChI=1S/C32H38N4O4/c1-34-19-21-35(22-20-34)32(38)40-29-14-11-25(12-15-29)23-27-24-33-17-18-36(27)31(37)16-13-26-7-5-6-10-30(26)39-28-8-3-2-4-9-28/h2-12,14-15,27,33H,13,16-24H2,1H3. The number of rotatable bonds is 8. The number of piperazine rings is 2. The lowest BCUT2D eigenvalue weighted by Gasteiger charge is -2.36. The first-order valence-corrected chi connectivity index (χ1v) is 14.1. The highest BCUT2D eigenvalue weighted by atomic mass is 16.6. The van der Waals surface area contributed by atoms with E-state index in [1.807, 2.05) is 83.8 Å². The van der Waals surface area contributed by atoms with Crippen LogP contribution in [0.3, 0.4) is 0 Å². The molecule has 5 rings (SSSR count). The summed E-state index contributed by atoms with van der Waals surface area (Å²) < 4.78 is 11.7. The molecule has 8 heteroatoms. The third-order valence-electron chi connectivity index (χ3n) is 7.58. The monoisotopic (exact) mass is 542 g/mol. The van der Waals surface area contributed by atoms with E-state index in [0.29, 0.717) is 38.2 Å². The van der Waals surface area contributed by atoms with Gasteiger partial charge in [-0.15, -0.1) is 0 Å². The Morgan fingerprint density at radius 1 is 0.850 bits per heavy atom. The van der Waals surface area contributed by atoms with Crippen LogP contribution in [0.5, 0.6) is 17.2 Å². The molecule has 8 nitrogen and oxygen atoms in total. The third kappa shape index (κ3) is 7.40. The van der Waals surface area contributed by atoms with Crippen molar-refractivity contribution in [2.75, 3.05) is 52.9 Å². The number of carbonyl (C=O) groups excluding carboxylic acids is 2. The molecule has 3 aromatic carbocycles. The minimum Gasteiger partial charge on any atom is -0.457 e. The van der Waals surface area contributed by atoms with Gasteiger partial charge in [-0.2, -0.15) is 0 Å². The number of nitrogens with one attached hydrogen (secondary N) is 1. The molecular formula is C32H38N4O4. The largest absolute Gasteiger partial charge is 0.457 e. The zero-order chi connectivity index (χ0) is 27.7. The van der Waals surface area contributed by atoms with Crippen molar-refractivity contribution in [2.45, 2.75) is 25.3 Å². The fourth-order valence-electron chi connectivity index (χ4n) is 5.20. The lowest BCUT2D eigenvalue weighted by atomic mass is 10.0. The van der Waals surface area contributed by atoms with Gasteiger partial charge in [0.05, 0.1) is 0 Å². The molecule has 2 heterocycles. The smallest absolute Gasteiger partial charge is 0.415 e. The number of nitrogens with zero attached hydrogens (tertiary/aromatic N) is 3. The highest BCUT2D eigenvalue weighted by Crippen LogP contribution is 2.26. The van der Waals surface area contributed by atoms with Gasteiger partial charge in [-0.3, -0.25) is 4.79 Å². The van der Waals surface area contributed by atoms with Crippen LogP contribution in [0.25, 0.3) is 0 Å². The van der Waals surface area contributed by atoms with Gasteiger partial charge in [0.15, 0.2) is 0 Å². The van der Waals surface area contributed by atoms with Gasteiger partial charge in [-0.25, -0.2) is 4.79 Å². The van der Waals surface area contributed by atoms with Gasteiger partial charge in [-0.1, -0.05) is 48.5 Å². The van der Waals surface area contributed by atoms with E-state index >= 15 is 0 Å². The number of hydrogen-bond donors (Lipinski definition) is 1. The van der Waals surface area contributed by atoms with Crippen LogP contribution in [0.2, 0.25) is 0 Å². The Labute approximate surface area is 236 Å². The minimum atomic E-state index is -0.301. The Bertz CT molecular complexity index is 1260. The van der Waals surface area contributed by atoms with Crippen LogP contribution in [0, 0.1) is 0 Å². The van der Waals surface area contributed by atoms with Gasteiger partial charge in [0.25, 0.3) is 0 Å². The maximum absolute atomic E-state index is 13.4. The molecule has 210 valence electrons. The van der Waals surface area contributed by atoms with Crippen molar-refractivity contribution >= 4 is 12.0 Å². The molecule has 3 aromatic rings. The first-order valence-electron chi connectivity index (χ1n) is 14.1. The Morgan fingerprint density at radius 3 is 2.35 bits per heavy atom. The second-order valence-electron chi connectivity index (χ2n) is 10.5. The summed E-state index contributed by atoms with van der Waals surface area (Å²) in [6.07, 6.45) is 1.47. The van der Waals surface area contributed by atoms with E-state index in [-0.39, 0.29) is 18.0 Å². The second-order valence-corrected chi connectivity index (χ2v) is 10.5. The Hall–Kier alpha value is -3.88. The van der Waals surface area contributed by atoms with Gasteiger partial charge in [0.2, 0.25) is 5.91 Å². The lowest BCUT2D eigenvalue weighted by molar-refractivity contribution is -0.134. The molecule has 2 fully saturated rings. The Kier molecular flexibility index (Phi) is 9.31. The molecule has 1 atom stereocenters. The maximum Gasteiger partial charge on any atom is 0.415 e. The number of para-hydroxylation sites is 2. The van der Waals surface area contributed by atoms with E-state index in [4.69, 9.17) is 9.47 Å². The van der Waals surface area contributed by atoms with Crippen LogP contribution in [0.15, 0.2) is 78.9 Å². The molecule has 0 aliphatic carbocycles. The summed E-state index contributed by atoms with van der Waals surface area (Å²) in [6, 6.07) is 25.3. The predicted molar refractivity (Wildman–Crippen MR) is 155 cm³/mol. The molecule has 0 aromatic heterocycles. The highest BCUT2D eigenvalue weighted by molar-refractivity contribution is 5.77. The minimum absolute atomic E-state index is 0.0656. The summed E-state index contributed by atoms with van der Waals surface area (Å²) in [5.74, 6) is 2.26. The molecule has 2 aliphatic rings. The first kappa shape index (κ1) is 27.7. The highest BCUT2D eigenvalue weighted by Gasteiger charge is 2.27. The van der Waals surface area contributed by atoms with Crippen molar-refractivity contribution in [3.8, 4) is 17.2 Å². The van der Waals surface area contributed by atoms with Crippen molar-refractivity contribution in [1.82, 2.24) is 20.0 Å². The van der Waals surface area contributed by atoms with Crippen LogP contribution >= 0.6 is 0 Å². The van der Waals surface area contributed by atoms with E-state index in [1.54, 1.807) is 4.90 Å². The van der Waals surface area contributed by atoms with E-state index in [0.717, 1.165) is 55.2 Å². The number of amides is 2. The van der Waals surface area contributed by atoms with Crippen molar-refractivity contribution in [1.29, 1.82) is 0 Å². The molecule has 2 aliphatic heterocycles. The number of hydrogen-bond acceptors (Lipinski definition) is 6. The summed E-state index contributed by atoms with van der Waals surface area (Å²) in [4.78, 5) is 31.8. The van der Waals surface area contributed by atoms with Crippen LogP contribution in [0.1, 0.15) is 17.5 Å². The zero-order valence-electron chi connectivity index (χ0n) is 23.1. The quantitative estimate of drug-likeness (QED) is 0.460. The SMILES string of the molecule is CN1CCN(C(=O)Oc2ccc(CC3CNCCN3C(=O)CCc3ccccc3Oc3ccccc3)cc2)CC1. The molecule has 1 unspecified atom stereocenters. The summed E-state index contributed by atoms with van der Waals surface area (Å²) in [5, 5.41) is 3.43. The topological polar surface area (TPSA) is 74.4 Å². The molecule has 0 bridgehead atoms. The van der Waals surface area contributed by atoms with Crippen LogP contribution in [-0.2, 0) is 17.6 Å². The zero-order valence-corrected chi connectivity index (χ0v) is 23.1. The first-order chi connectivity index (χ1) is 19.5. The number of ether oxygens (including phenoxy) is 2. The van der Waals surface area contributed by atoms with E-state index in [9.17, 15) is 9.59 Å². The van der Waals surface area contributed by atoms with E-state index < -0.39 is 0 Å². The summed E-state index contributed by atoms with van der Waals surface area (Å²) in [7, 11) is 2.05. The van der Waals surface area contributed by atoms with Crippen molar-refractivity contribution < 1.29 is 19.1 Å². The molecule has 0 saturated carbocycles. The maximum atomic E-state index is 13.4. The molecule has 2 saturated heterocycles. The van der Waals surface area contributed by atoms with Crippen LogP contribution in [-0.4, -0.2) is 85.6 Å². The van der Waals surface area contributed by atoms with Gasteiger partial charge in [0, 0.05) is 58.3 Å². The number of carbonyl (C=O) groups is 2. The Balaban J connectivity index is 1.15. The van der Waals surface area contributed by atoms with Gasteiger partial charge < -0.3 is 29.5 Å². The third-order valence-corrected chi connectivity index (χ3v) is 7.58. The normalized spacial score (nSPS) is 17.9. The van der Waals surface area contributed by atoms with Gasteiger partial charge in [-0.05, 0) is 61.3 Å². The fourth-order valence-corrected chi connectivity index (χ4v) is 5.20. The second kappa shape index (κ2) is 13.5. The van der Waals surface area contributed by atoms with Crippen molar-refractivity contribution in [2.24, 2.45) is 0 Å². The van der Waals surface area contributed by atoms with E-state index in [1.165, 1.54) is 0 Å². The van der Waals surface area contributed by atoms with Gasteiger partial charge in [0.1, 0.15) is 17.2 Å². The average molecular weight is 543 g/mol. The molecule has 40 heavy (non-hydrogen) atoms. The van der Waals surface area contributed by atoms with Crippen molar-refractivity contribution in [3.05, 3.63) is 90.0 Å². The van der Waals surface area contributed by atoms with Crippen LogP contribution < -0.4 is 14.8 Å².